The van der Waals surface area contributed by atoms with Gasteiger partial charge in [0.25, 0.3) is 0 Å². The number of hydrogen-bond acceptors (Lipinski definition) is 5. The van der Waals surface area contributed by atoms with E-state index >= 15 is 0 Å². The molecule has 0 aliphatic carbocycles. The maximum Gasteiger partial charge on any atom is 0.196 e. The molecule has 2 aromatic carbocycles. The van der Waals surface area contributed by atoms with Crippen LogP contribution in [0.25, 0.3) is 5.69 Å². The molecule has 0 atom stereocenters. The van der Waals surface area contributed by atoms with E-state index in [9.17, 15) is 0 Å². The van der Waals surface area contributed by atoms with Crippen LogP contribution in [0.2, 0.25) is 5.02 Å². The molecule has 1 heterocycles. The summed E-state index contributed by atoms with van der Waals surface area (Å²) in [6.07, 6.45) is 0.117. The van der Waals surface area contributed by atoms with Crippen molar-refractivity contribution in [2.24, 2.45) is 0 Å². The van der Waals surface area contributed by atoms with Crippen LogP contribution in [0.5, 0.6) is 0 Å². The van der Waals surface area contributed by atoms with Gasteiger partial charge in [-0.15, -0.1) is 10.2 Å². The monoisotopic (exact) mass is 389 g/mol. The highest BCUT2D eigenvalue weighted by atomic mass is 35.5. The molecule has 0 bridgehead atoms. The third-order valence-electron chi connectivity index (χ3n) is 3.87. The SMILES string of the molecule is COC(Cc1nnc(SCc2ccccc2)n1-c1ccc(Cl)cc1)OC. The number of aromatic nitrogens is 3. The van der Waals surface area contributed by atoms with Crippen molar-refractivity contribution >= 4 is 23.4 Å². The molecule has 0 aliphatic rings. The number of thioether (sulfide) groups is 1. The Labute approximate surface area is 162 Å². The van der Waals surface area contributed by atoms with E-state index in [-0.39, 0.29) is 6.29 Å². The van der Waals surface area contributed by atoms with Crippen LogP contribution in [-0.4, -0.2) is 35.3 Å². The molecule has 0 aliphatic heterocycles. The Kier molecular flexibility index (Phi) is 6.68. The highest BCUT2D eigenvalue weighted by Crippen LogP contribution is 2.26. The summed E-state index contributed by atoms with van der Waals surface area (Å²) >= 11 is 7.67. The second kappa shape index (κ2) is 9.19. The Bertz CT molecular complexity index is 821. The molecule has 26 heavy (non-hydrogen) atoms. The maximum absolute atomic E-state index is 6.04. The Morgan fingerprint density at radius 1 is 1.00 bits per heavy atom. The molecule has 136 valence electrons. The molecular weight excluding hydrogens is 370 g/mol. The number of ether oxygens (including phenoxy) is 2. The topological polar surface area (TPSA) is 49.2 Å². The lowest BCUT2D eigenvalue weighted by atomic mass is 10.2. The highest BCUT2D eigenvalue weighted by Gasteiger charge is 2.18. The van der Waals surface area contributed by atoms with Gasteiger partial charge in [-0.1, -0.05) is 53.7 Å². The molecule has 5 nitrogen and oxygen atoms in total. The molecule has 0 radical (unpaired) electrons. The van der Waals surface area contributed by atoms with Gasteiger partial charge in [-0.2, -0.15) is 0 Å². The smallest absolute Gasteiger partial charge is 0.196 e. The van der Waals surface area contributed by atoms with Gasteiger partial charge >= 0.3 is 0 Å². The minimum atomic E-state index is -0.378. The lowest BCUT2D eigenvalue weighted by Gasteiger charge is -2.15. The summed E-state index contributed by atoms with van der Waals surface area (Å²) in [7, 11) is 3.23. The molecular formula is C19H20ClN3O2S. The number of nitrogens with zero attached hydrogens (tertiary/aromatic N) is 3. The van der Waals surface area contributed by atoms with Crippen molar-refractivity contribution in [1.29, 1.82) is 0 Å². The standard InChI is InChI=1S/C19H20ClN3O2S/c1-24-18(25-2)12-17-21-22-19(26-13-14-6-4-3-5-7-14)23(17)16-10-8-15(20)9-11-16/h3-11,18H,12-13H2,1-2H3. The first kappa shape index (κ1) is 18.9. The molecule has 3 aromatic rings. The lowest BCUT2D eigenvalue weighted by Crippen LogP contribution is -2.19. The first-order valence-corrected chi connectivity index (χ1v) is 9.50. The van der Waals surface area contributed by atoms with E-state index in [1.165, 1.54) is 5.56 Å². The van der Waals surface area contributed by atoms with Crippen LogP contribution >= 0.6 is 23.4 Å². The minimum absolute atomic E-state index is 0.378. The summed E-state index contributed by atoms with van der Waals surface area (Å²) in [4.78, 5) is 0. The van der Waals surface area contributed by atoms with E-state index in [1.807, 2.05) is 47.0 Å². The number of methoxy groups -OCH3 is 2. The van der Waals surface area contributed by atoms with Crippen LogP contribution in [0, 0.1) is 0 Å². The van der Waals surface area contributed by atoms with Crippen molar-refractivity contribution in [3.05, 3.63) is 71.0 Å². The van der Waals surface area contributed by atoms with Gasteiger partial charge in [-0.25, -0.2) is 0 Å². The summed E-state index contributed by atoms with van der Waals surface area (Å²) in [6.45, 7) is 0. The summed E-state index contributed by atoms with van der Waals surface area (Å²) in [5.74, 6) is 1.58. The van der Waals surface area contributed by atoms with Gasteiger partial charge < -0.3 is 9.47 Å². The molecule has 0 unspecified atom stereocenters. The van der Waals surface area contributed by atoms with Crippen molar-refractivity contribution < 1.29 is 9.47 Å². The van der Waals surface area contributed by atoms with Crippen LogP contribution in [0.1, 0.15) is 11.4 Å². The van der Waals surface area contributed by atoms with Gasteiger partial charge in [-0.3, -0.25) is 4.57 Å². The van der Waals surface area contributed by atoms with Crippen LogP contribution in [0.15, 0.2) is 59.8 Å². The van der Waals surface area contributed by atoms with E-state index < -0.39 is 0 Å². The Balaban J connectivity index is 1.90. The third kappa shape index (κ3) is 4.65. The van der Waals surface area contributed by atoms with E-state index in [4.69, 9.17) is 21.1 Å². The molecule has 3 rings (SSSR count). The Hall–Kier alpha value is -1.86. The first-order valence-electron chi connectivity index (χ1n) is 8.14. The van der Waals surface area contributed by atoms with Crippen molar-refractivity contribution in [3.63, 3.8) is 0 Å². The van der Waals surface area contributed by atoms with Gasteiger partial charge in [0.2, 0.25) is 0 Å². The fourth-order valence-electron chi connectivity index (χ4n) is 2.51. The summed E-state index contributed by atoms with van der Waals surface area (Å²) in [5, 5.41) is 10.3. The summed E-state index contributed by atoms with van der Waals surface area (Å²) < 4.78 is 12.7. The van der Waals surface area contributed by atoms with E-state index in [1.54, 1.807) is 26.0 Å². The van der Waals surface area contributed by atoms with Crippen molar-refractivity contribution in [3.8, 4) is 5.69 Å². The highest BCUT2D eigenvalue weighted by molar-refractivity contribution is 7.98. The summed E-state index contributed by atoms with van der Waals surface area (Å²) in [5.41, 5.74) is 2.19. The molecule has 1 aromatic heterocycles. The fourth-order valence-corrected chi connectivity index (χ4v) is 3.56. The lowest BCUT2D eigenvalue weighted by molar-refractivity contribution is -0.101. The first-order chi connectivity index (χ1) is 12.7. The average molecular weight is 390 g/mol. The number of halogens is 1. The van der Waals surface area contributed by atoms with E-state index in [0.717, 1.165) is 22.4 Å². The quantitative estimate of drug-likeness (QED) is 0.423. The van der Waals surface area contributed by atoms with Gasteiger partial charge in [0, 0.05) is 30.7 Å². The van der Waals surface area contributed by atoms with Gasteiger partial charge in [-0.05, 0) is 29.8 Å². The second-order valence-corrected chi connectivity index (χ2v) is 6.97. The predicted octanol–water partition coefficient (Wildman–Crippen LogP) is 4.37. The zero-order valence-electron chi connectivity index (χ0n) is 14.6. The zero-order valence-corrected chi connectivity index (χ0v) is 16.2. The van der Waals surface area contributed by atoms with Gasteiger partial charge in [0.1, 0.15) is 5.82 Å². The minimum Gasteiger partial charge on any atom is -0.355 e. The Morgan fingerprint density at radius 3 is 2.35 bits per heavy atom. The Morgan fingerprint density at radius 2 is 1.69 bits per heavy atom. The van der Waals surface area contributed by atoms with Crippen LogP contribution in [0.4, 0.5) is 0 Å². The molecule has 0 spiro atoms. The fraction of sp³-hybridized carbons (Fsp3) is 0.263. The van der Waals surface area contributed by atoms with Crippen LogP contribution in [-0.2, 0) is 21.6 Å². The number of hydrogen-bond donors (Lipinski definition) is 0. The summed E-state index contributed by atoms with van der Waals surface area (Å²) in [6, 6.07) is 17.9. The van der Waals surface area contributed by atoms with E-state index in [2.05, 4.69) is 22.3 Å². The largest absolute Gasteiger partial charge is 0.355 e. The van der Waals surface area contributed by atoms with Gasteiger partial charge in [0.05, 0.1) is 6.42 Å². The number of rotatable bonds is 8. The number of benzene rings is 2. The van der Waals surface area contributed by atoms with Crippen molar-refractivity contribution in [2.45, 2.75) is 23.6 Å². The molecule has 7 heteroatoms. The van der Waals surface area contributed by atoms with E-state index in [0.29, 0.717) is 11.4 Å². The van der Waals surface area contributed by atoms with Crippen LogP contribution < -0.4 is 0 Å². The second-order valence-electron chi connectivity index (χ2n) is 5.59. The molecule has 0 fully saturated rings. The third-order valence-corrected chi connectivity index (χ3v) is 5.12. The molecule has 0 amide bonds. The van der Waals surface area contributed by atoms with Gasteiger partial charge in [0.15, 0.2) is 11.4 Å². The average Bonchev–Trinajstić information content (AvgIpc) is 3.08. The zero-order chi connectivity index (χ0) is 18.4. The molecule has 0 saturated heterocycles. The molecule has 0 saturated carbocycles. The predicted molar refractivity (Wildman–Crippen MR) is 104 cm³/mol. The maximum atomic E-state index is 6.04. The van der Waals surface area contributed by atoms with Crippen molar-refractivity contribution in [1.82, 2.24) is 14.8 Å². The normalized spacial score (nSPS) is 11.2. The molecule has 0 N–H and O–H groups in total. The van der Waals surface area contributed by atoms with Crippen molar-refractivity contribution in [2.75, 3.05) is 14.2 Å². The van der Waals surface area contributed by atoms with Crippen LogP contribution in [0.3, 0.4) is 0 Å².